The van der Waals surface area contributed by atoms with E-state index in [1.54, 1.807) is 12.1 Å². The lowest BCUT2D eigenvalue weighted by molar-refractivity contribution is 0.603. The molecule has 0 aliphatic carbocycles. The number of sulfone groups is 1. The van der Waals surface area contributed by atoms with Gasteiger partial charge in [-0.25, -0.2) is 8.42 Å². The maximum absolute atomic E-state index is 12.4. The Balaban J connectivity index is 2.92. The van der Waals surface area contributed by atoms with Crippen molar-refractivity contribution >= 4 is 44.2 Å². The zero-order valence-corrected chi connectivity index (χ0v) is 15.0. The summed E-state index contributed by atoms with van der Waals surface area (Å²) >= 11 is 3.64. The molecule has 1 aromatic rings. The zero-order valence-electron chi connectivity index (χ0n) is 11.2. The van der Waals surface area contributed by atoms with Crippen LogP contribution in [-0.4, -0.2) is 19.1 Å². The number of halogens is 1. The summed E-state index contributed by atoms with van der Waals surface area (Å²) in [5.41, 5.74) is 1.07. The smallest absolute Gasteiger partial charge is 0.212 e. The summed E-state index contributed by atoms with van der Waals surface area (Å²) in [5.74, 6) is 0. The van der Waals surface area contributed by atoms with Crippen LogP contribution in [0.3, 0.4) is 0 Å². The first kappa shape index (κ1) is 17.0. The lowest BCUT2D eigenvalue weighted by Crippen LogP contribution is -2.02. The Hall–Kier alpha value is -0.0100. The molecule has 19 heavy (non-hydrogen) atoms. The first-order chi connectivity index (χ1) is 9.02. The fourth-order valence-electron chi connectivity index (χ4n) is 1.60. The van der Waals surface area contributed by atoms with Crippen LogP contribution in [-0.2, 0) is 9.84 Å². The van der Waals surface area contributed by atoms with Gasteiger partial charge in [0, 0.05) is 0 Å². The van der Waals surface area contributed by atoms with Crippen LogP contribution in [0.15, 0.2) is 39.5 Å². The normalized spacial score (nSPS) is 12.7. The molecule has 5 heteroatoms. The molecule has 0 heterocycles. The van der Waals surface area contributed by atoms with Gasteiger partial charge in [-0.2, -0.15) is 0 Å². The van der Waals surface area contributed by atoms with Crippen molar-refractivity contribution in [1.29, 1.82) is 0 Å². The first-order valence-electron chi connectivity index (χ1n) is 6.14. The van der Waals surface area contributed by atoms with E-state index in [0.29, 0.717) is 9.13 Å². The summed E-state index contributed by atoms with van der Waals surface area (Å²) in [7, 11) is -3.33. The van der Waals surface area contributed by atoms with Gasteiger partial charge in [-0.3, -0.25) is 0 Å². The van der Waals surface area contributed by atoms with E-state index >= 15 is 0 Å². The van der Waals surface area contributed by atoms with Crippen LogP contribution in [0.1, 0.15) is 24.8 Å². The second-order valence-electron chi connectivity index (χ2n) is 4.23. The van der Waals surface area contributed by atoms with Gasteiger partial charge in [-0.15, -0.1) is 11.8 Å². The summed E-state index contributed by atoms with van der Waals surface area (Å²) in [6.45, 7) is 1.95. The van der Waals surface area contributed by atoms with Gasteiger partial charge >= 0.3 is 0 Å². The molecule has 0 amide bonds. The molecule has 0 N–H and O–H groups in total. The Labute approximate surface area is 134 Å². The molecule has 0 bridgehead atoms. The quantitative estimate of drug-likeness (QED) is 0.375. The number of rotatable bonds is 7. The van der Waals surface area contributed by atoms with Crippen LogP contribution in [0.5, 0.6) is 0 Å². The highest BCUT2D eigenvalue weighted by Crippen LogP contribution is 2.27. The van der Waals surface area contributed by atoms with Crippen LogP contribution in [0, 0.1) is 6.92 Å². The second kappa shape index (κ2) is 8.32. The number of allylic oxidation sites excluding steroid dienone is 1. The molecule has 0 aromatic heterocycles. The van der Waals surface area contributed by atoms with Crippen LogP contribution in [0.4, 0.5) is 0 Å². The van der Waals surface area contributed by atoms with Crippen molar-refractivity contribution in [2.75, 3.05) is 10.7 Å². The Kier molecular flexibility index (Phi) is 7.46. The molecule has 0 unspecified atom stereocenters. The van der Waals surface area contributed by atoms with Crippen LogP contribution in [0.2, 0.25) is 0 Å². The molecule has 1 aromatic carbocycles. The highest BCUT2D eigenvalue weighted by atomic mass is 127. The van der Waals surface area contributed by atoms with Crippen molar-refractivity contribution in [1.82, 2.24) is 0 Å². The third kappa shape index (κ3) is 5.11. The summed E-state index contributed by atoms with van der Waals surface area (Å²) in [6.07, 6.45) is 6.66. The Bertz CT molecular complexity index is 519. The van der Waals surface area contributed by atoms with E-state index in [0.717, 1.165) is 29.3 Å². The molecule has 0 spiro atoms. The molecular formula is C14H19IO2S2. The number of benzene rings is 1. The van der Waals surface area contributed by atoms with E-state index in [1.165, 1.54) is 11.8 Å². The summed E-state index contributed by atoms with van der Waals surface area (Å²) < 4.78 is 26.5. The van der Waals surface area contributed by atoms with Crippen molar-refractivity contribution in [2.45, 2.75) is 31.1 Å². The summed E-state index contributed by atoms with van der Waals surface area (Å²) in [5, 5.41) is 0. The van der Waals surface area contributed by atoms with Gasteiger partial charge in [0.05, 0.1) is 4.90 Å². The Morgan fingerprint density at radius 3 is 2.42 bits per heavy atom. The van der Waals surface area contributed by atoms with Gasteiger partial charge in [-0.05, 0) is 49.0 Å². The van der Waals surface area contributed by atoms with Crippen LogP contribution >= 0.6 is 34.4 Å². The fraction of sp³-hybridized carbons (Fsp3) is 0.429. The lowest BCUT2D eigenvalue weighted by atomic mass is 10.2. The summed E-state index contributed by atoms with van der Waals surface area (Å²) in [4.78, 5) is 0.382. The van der Waals surface area contributed by atoms with Crippen molar-refractivity contribution in [2.24, 2.45) is 0 Å². The van der Waals surface area contributed by atoms with Crippen LogP contribution in [0.25, 0.3) is 0 Å². The number of alkyl halides is 1. The number of unbranched alkanes of at least 4 members (excludes halogenated alkanes) is 2. The van der Waals surface area contributed by atoms with E-state index in [9.17, 15) is 8.42 Å². The van der Waals surface area contributed by atoms with E-state index < -0.39 is 9.84 Å². The topological polar surface area (TPSA) is 34.1 Å². The zero-order chi connectivity index (χ0) is 14.3. The fourth-order valence-corrected chi connectivity index (χ4v) is 4.65. The monoisotopic (exact) mass is 410 g/mol. The van der Waals surface area contributed by atoms with Gasteiger partial charge in [0.25, 0.3) is 0 Å². The van der Waals surface area contributed by atoms with Gasteiger partial charge in [0.2, 0.25) is 9.84 Å². The number of thioether (sulfide) groups is 1. The average molecular weight is 410 g/mol. The number of hydrogen-bond donors (Lipinski definition) is 0. The second-order valence-corrected chi connectivity index (χ2v) is 8.33. The molecule has 0 fully saturated rings. The molecule has 0 radical (unpaired) electrons. The maximum Gasteiger partial charge on any atom is 0.212 e. The van der Waals surface area contributed by atoms with Crippen molar-refractivity contribution in [3.8, 4) is 0 Å². The Morgan fingerprint density at radius 2 is 1.89 bits per heavy atom. The minimum Gasteiger partial charge on any atom is -0.218 e. The van der Waals surface area contributed by atoms with Crippen molar-refractivity contribution in [3.63, 3.8) is 0 Å². The molecule has 1 rings (SSSR count). The molecule has 0 saturated carbocycles. The number of hydrogen-bond acceptors (Lipinski definition) is 3. The van der Waals surface area contributed by atoms with E-state index in [1.807, 2.05) is 31.4 Å². The largest absolute Gasteiger partial charge is 0.218 e. The predicted octanol–water partition coefficient (Wildman–Crippen LogP) is 4.58. The highest BCUT2D eigenvalue weighted by molar-refractivity contribution is 14.1. The van der Waals surface area contributed by atoms with Gasteiger partial charge < -0.3 is 0 Å². The van der Waals surface area contributed by atoms with E-state index in [4.69, 9.17) is 0 Å². The summed E-state index contributed by atoms with van der Waals surface area (Å²) in [6, 6.07) is 7.03. The van der Waals surface area contributed by atoms with Gasteiger partial charge in [0.15, 0.2) is 0 Å². The van der Waals surface area contributed by atoms with Crippen molar-refractivity contribution in [3.05, 3.63) is 40.1 Å². The third-order valence-corrected chi connectivity index (χ3v) is 6.78. The predicted molar refractivity (Wildman–Crippen MR) is 92.7 cm³/mol. The highest BCUT2D eigenvalue weighted by Gasteiger charge is 2.19. The van der Waals surface area contributed by atoms with E-state index in [2.05, 4.69) is 22.6 Å². The molecule has 106 valence electrons. The molecule has 0 aliphatic rings. The SMILES string of the molecule is CS/C(=C\CCCCI)S(=O)(=O)c1ccc(C)cc1. The average Bonchev–Trinajstić information content (AvgIpc) is 2.39. The number of aryl methyl sites for hydroxylation is 1. The van der Waals surface area contributed by atoms with Gasteiger partial charge in [-0.1, -0.05) is 46.4 Å². The molecule has 0 saturated heterocycles. The Morgan fingerprint density at radius 1 is 1.26 bits per heavy atom. The molecule has 0 aliphatic heterocycles. The van der Waals surface area contributed by atoms with Crippen LogP contribution < -0.4 is 0 Å². The first-order valence-corrected chi connectivity index (χ1v) is 10.4. The van der Waals surface area contributed by atoms with E-state index in [-0.39, 0.29) is 0 Å². The lowest BCUT2D eigenvalue weighted by Gasteiger charge is -2.07. The maximum atomic E-state index is 12.4. The molecule has 0 atom stereocenters. The standard InChI is InChI=1S/C14H19IO2S2/c1-12-7-9-13(10-8-12)19(16,17)14(18-2)6-4-3-5-11-15/h6-10H,3-5,11H2,1-2H3/b14-6+. The molecule has 2 nitrogen and oxygen atoms in total. The van der Waals surface area contributed by atoms with Crippen molar-refractivity contribution < 1.29 is 8.42 Å². The molecular weight excluding hydrogens is 391 g/mol. The minimum absolute atomic E-state index is 0.382. The minimum atomic E-state index is -3.33. The third-order valence-electron chi connectivity index (χ3n) is 2.70. The van der Waals surface area contributed by atoms with Gasteiger partial charge in [0.1, 0.15) is 4.24 Å².